The first kappa shape index (κ1) is 15.2. The second-order valence-corrected chi connectivity index (χ2v) is 4.99. The van der Waals surface area contributed by atoms with Crippen LogP contribution in [-0.4, -0.2) is 42.5 Å². The highest BCUT2D eigenvalue weighted by Gasteiger charge is 2.27. The van der Waals surface area contributed by atoms with Gasteiger partial charge in [0.25, 0.3) is 0 Å². The van der Waals surface area contributed by atoms with Crippen molar-refractivity contribution in [1.29, 1.82) is 0 Å². The highest BCUT2D eigenvalue weighted by molar-refractivity contribution is 5.92. The molecule has 2 rings (SSSR count). The number of nitrogens with one attached hydrogen (secondary N) is 2. The molecule has 1 aliphatic heterocycles. The first-order valence-corrected chi connectivity index (χ1v) is 6.89. The Kier molecular flexibility index (Phi) is 5.10. The molecule has 1 saturated heterocycles. The molecular formula is C14H19FN4O2. The summed E-state index contributed by atoms with van der Waals surface area (Å²) in [5, 5.41) is 5.68. The lowest BCUT2D eigenvalue weighted by Crippen LogP contribution is -2.50. The van der Waals surface area contributed by atoms with E-state index in [2.05, 4.69) is 10.6 Å². The number of carbonyl (C=O) groups excluding carboxylic acids is 2. The molecular weight excluding hydrogens is 275 g/mol. The maximum absolute atomic E-state index is 13.6. The first-order chi connectivity index (χ1) is 10.1. The predicted octanol–water partition coefficient (Wildman–Crippen LogP) is 0.897. The third-order valence-corrected chi connectivity index (χ3v) is 3.45. The number of piperidine rings is 1. The first-order valence-electron chi connectivity index (χ1n) is 6.89. The summed E-state index contributed by atoms with van der Waals surface area (Å²) in [7, 11) is 0. The van der Waals surface area contributed by atoms with Crippen LogP contribution in [0, 0.1) is 5.82 Å². The summed E-state index contributed by atoms with van der Waals surface area (Å²) in [6.45, 7) is 1.37. The number of rotatable bonds is 4. The summed E-state index contributed by atoms with van der Waals surface area (Å²) in [4.78, 5) is 24.9. The smallest absolute Gasteiger partial charge is 0.322 e. The molecule has 0 aromatic heterocycles. The van der Waals surface area contributed by atoms with Gasteiger partial charge in [0.15, 0.2) is 0 Å². The van der Waals surface area contributed by atoms with Crippen LogP contribution in [0.5, 0.6) is 0 Å². The van der Waals surface area contributed by atoms with Gasteiger partial charge in [0.1, 0.15) is 12.4 Å². The lowest BCUT2D eigenvalue weighted by Gasteiger charge is -2.33. The molecule has 0 radical (unpaired) electrons. The van der Waals surface area contributed by atoms with Crippen molar-refractivity contribution in [1.82, 2.24) is 10.2 Å². The summed E-state index contributed by atoms with van der Waals surface area (Å²) in [6.07, 6.45) is 1.47. The highest BCUT2D eigenvalue weighted by atomic mass is 19.1. The molecule has 0 unspecified atom stereocenters. The highest BCUT2D eigenvalue weighted by Crippen LogP contribution is 2.16. The Morgan fingerprint density at radius 1 is 1.33 bits per heavy atom. The molecule has 0 bridgehead atoms. The number of carbonyl (C=O) groups is 2. The van der Waals surface area contributed by atoms with E-state index in [-0.39, 0.29) is 18.3 Å². The van der Waals surface area contributed by atoms with Crippen molar-refractivity contribution in [2.45, 2.75) is 18.9 Å². The van der Waals surface area contributed by atoms with Gasteiger partial charge in [-0.2, -0.15) is 0 Å². The molecule has 1 aliphatic rings. The molecule has 0 atom stereocenters. The Bertz CT molecular complexity index is 517. The number of benzene rings is 1. The van der Waals surface area contributed by atoms with Crippen molar-refractivity contribution >= 4 is 17.6 Å². The Labute approximate surface area is 122 Å². The van der Waals surface area contributed by atoms with Crippen LogP contribution in [0.15, 0.2) is 24.3 Å². The third kappa shape index (κ3) is 4.16. The number of urea groups is 1. The summed E-state index contributed by atoms with van der Waals surface area (Å²) < 4.78 is 13.6. The van der Waals surface area contributed by atoms with Gasteiger partial charge < -0.3 is 21.3 Å². The quantitative estimate of drug-likeness (QED) is 0.771. The summed E-state index contributed by atoms with van der Waals surface area (Å²) in [5.74, 6) is -1.10. The number of primary amides is 1. The van der Waals surface area contributed by atoms with Gasteiger partial charge in [0.05, 0.1) is 5.69 Å². The van der Waals surface area contributed by atoms with Crippen LogP contribution in [0.3, 0.4) is 0 Å². The normalized spacial score (nSPS) is 15.5. The number of hydrogen-bond donors (Lipinski definition) is 3. The lowest BCUT2D eigenvalue weighted by molar-refractivity contribution is -0.119. The van der Waals surface area contributed by atoms with Crippen molar-refractivity contribution in [3.63, 3.8) is 0 Å². The van der Waals surface area contributed by atoms with Gasteiger partial charge in [-0.1, -0.05) is 12.1 Å². The van der Waals surface area contributed by atoms with E-state index >= 15 is 0 Å². The number of para-hydroxylation sites is 1. The molecule has 6 nitrogen and oxygen atoms in total. The van der Waals surface area contributed by atoms with Crippen molar-refractivity contribution in [2.24, 2.45) is 5.73 Å². The Morgan fingerprint density at radius 3 is 2.62 bits per heavy atom. The molecule has 3 amide bonds. The van der Waals surface area contributed by atoms with Crippen LogP contribution in [0.2, 0.25) is 0 Å². The van der Waals surface area contributed by atoms with Gasteiger partial charge in [-0.3, -0.25) is 4.79 Å². The van der Waals surface area contributed by atoms with E-state index in [0.717, 1.165) is 25.9 Å². The Hall–Kier alpha value is -2.15. The molecule has 0 saturated carbocycles. The second-order valence-electron chi connectivity index (χ2n) is 4.99. The lowest BCUT2D eigenvalue weighted by atomic mass is 10.1. The predicted molar refractivity (Wildman–Crippen MR) is 77.2 cm³/mol. The summed E-state index contributed by atoms with van der Waals surface area (Å²) in [6, 6.07) is 5.31. The fourth-order valence-electron chi connectivity index (χ4n) is 2.40. The maximum Gasteiger partial charge on any atom is 0.322 e. The van der Waals surface area contributed by atoms with Gasteiger partial charge in [-0.25, -0.2) is 9.18 Å². The van der Waals surface area contributed by atoms with Crippen molar-refractivity contribution in [3.8, 4) is 0 Å². The average Bonchev–Trinajstić information content (AvgIpc) is 2.48. The van der Waals surface area contributed by atoms with E-state index in [1.54, 1.807) is 12.1 Å². The van der Waals surface area contributed by atoms with Crippen LogP contribution in [-0.2, 0) is 4.79 Å². The van der Waals surface area contributed by atoms with Crippen LogP contribution in [0.1, 0.15) is 12.8 Å². The monoisotopic (exact) mass is 294 g/mol. The molecule has 21 heavy (non-hydrogen) atoms. The molecule has 1 heterocycles. The Balaban J connectivity index is 2.10. The molecule has 1 fully saturated rings. The van der Waals surface area contributed by atoms with E-state index in [1.807, 2.05) is 0 Å². The molecule has 7 heteroatoms. The average molecular weight is 294 g/mol. The molecule has 1 aromatic rings. The fourth-order valence-corrected chi connectivity index (χ4v) is 2.40. The summed E-state index contributed by atoms with van der Waals surface area (Å²) in [5.41, 5.74) is 5.30. The van der Waals surface area contributed by atoms with Crippen molar-refractivity contribution < 1.29 is 14.0 Å². The zero-order chi connectivity index (χ0) is 15.2. The SMILES string of the molecule is NC(=O)CN(C(=O)Nc1ccccc1F)C1CCNCC1. The number of halogens is 1. The number of hydrogen-bond acceptors (Lipinski definition) is 3. The van der Waals surface area contributed by atoms with Crippen molar-refractivity contribution in [2.75, 3.05) is 25.0 Å². The van der Waals surface area contributed by atoms with E-state index in [4.69, 9.17) is 5.73 Å². The fraction of sp³-hybridized carbons (Fsp3) is 0.429. The molecule has 0 spiro atoms. The zero-order valence-corrected chi connectivity index (χ0v) is 11.6. The minimum Gasteiger partial charge on any atom is -0.368 e. The minimum absolute atomic E-state index is 0.0782. The van der Waals surface area contributed by atoms with Gasteiger partial charge in [-0.15, -0.1) is 0 Å². The number of nitrogens with zero attached hydrogens (tertiary/aromatic N) is 1. The van der Waals surface area contributed by atoms with E-state index < -0.39 is 17.8 Å². The standard InChI is InChI=1S/C14H19FN4O2/c15-11-3-1-2-4-12(11)18-14(21)19(9-13(16)20)10-5-7-17-8-6-10/h1-4,10,17H,5-9H2,(H2,16,20)(H,18,21). The van der Waals surface area contributed by atoms with Gasteiger partial charge in [0, 0.05) is 6.04 Å². The molecule has 0 aliphatic carbocycles. The molecule has 4 N–H and O–H groups in total. The molecule has 114 valence electrons. The zero-order valence-electron chi connectivity index (χ0n) is 11.6. The van der Waals surface area contributed by atoms with Crippen molar-refractivity contribution in [3.05, 3.63) is 30.1 Å². The van der Waals surface area contributed by atoms with Gasteiger partial charge in [0.2, 0.25) is 5.91 Å². The number of amides is 3. The summed E-state index contributed by atoms with van der Waals surface area (Å²) >= 11 is 0. The Morgan fingerprint density at radius 2 is 2.00 bits per heavy atom. The van der Waals surface area contributed by atoms with E-state index in [1.165, 1.54) is 17.0 Å². The van der Waals surface area contributed by atoms with E-state index in [9.17, 15) is 14.0 Å². The van der Waals surface area contributed by atoms with E-state index in [0.29, 0.717) is 0 Å². The topological polar surface area (TPSA) is 87.5 Å². The second kappa shape index (κ2) is 7.03. The molecule has 1 aromatic carbocycles. The maximum atomic E-state index is 13.6. The van der Waals surface area contributed by atoms with Crippen LogP contribution in [0.4, 0.5) is 14.9 Å². The van der Waals surface area contributed by atoms with Gasteiger partial charge in [-0.05, 0) is 38.1 Å². The van der Waals surface area contributed by atoms with Gasteiger partial charge >= 0.3 is 6.03 Å². The minimum atomic E-state index is -0.586. The largest absolute Gasteiger partial charge is 0.368 e. The van der Waals surface area contributed by atoms with Crippen LogP contribution in [0.25, 0.3) is 0 Å². The van der Waals surface area contributed by atoms with Crippen LogP contribution < -0.4 is 16.4 Å². The van der Waals surface area contributed by atoms with Crippen LogP contribution >= 0.6 is 0 Å². The number of anilines is 1. The number of nitrogens with two attached hydrogens (primary N) is 1. The third-order valence-electron chi connectivity index (χ3n) is 3.45.